The lowest BCUT2D eigenvalue weighted by Crippen LogP contribution is -2.19. The summed E-state index contributed by atoms with van der Waals surface area (Å²) in [5, 5.41) is 14.9. The van der Waals surface area contributed by atoms with E-state index in [0.29, 0.717) is 22.8 Å². The average molecular weight is 315 g/mol. The van der Waals surface area contributed by atoms with Crippen molar-refractivity contribution in [3.8, 4) is 0 Å². The Balaban J connectivity index is 2.01. The van der Waals surface area contributed by atoms with E-state index in [4.69, 9.17) is 5.11 Å². The molecule has 7 heteroatoms. The first-order valence-corrected chi connectivity index (χ1v) is 7.54. The molecule has 112 valence electrons. The van der Waals surface area contributed by atoms with Crippen LogP contribution in [0.25, 0.3) is 4.96 Å². The molecule has 0 aliphatic heterocycles. The van der Waals surface area contributed by atoms with Gasteiger partial charge in [0, 0.05) is 11.8 Å². The molecule has 0 spiro atoms. The number of aryl methyl sites for hydroxylation is 1. The molecule has 3 aromatic rings. The fraction of sp³-hybridized carbons (Fsp3) is 0.200. The van der Waals surface area contributed by atoms with E-state index in [1.807, 2.05) is 31.2 Å². The quantitative estimate of drug-likeness (QED) is 0.792. The molecule has 2 aromatic heterocycles. The second-order valence-electron chi connectivity index (χ2n) is 5.02. The third kappa shape index (κ3) is 2.89. The molecule has 0 unspecified atom stereocenters. The molecule has 0 fully saturated rings. The van der Waals surface area contributed by atoms with Gasteiger partial charge in [-0.15, -0.1) is 11.3 Å². The van der Waals surface area contributed by atoms with Crippen molar-refractivity contribution in [2.24, 2.45) is 0 Å². The van der Waals surface area contributed by atoms with Crippen LogP contribution in [0.15, 0.2) is 34.4 Å². The summed E-state index contributed by atoms with van der Waals surface area (Å²) in [5.74, 6) is -0.944. The third-order valence-electron chi connectivity index (χ3n) is 3.24. The first kappa shape index (κ1) is 14.4. The number of carboxylic acids is 1. The number of nitrogens with zero attached hydrogens (tertiary/aromatic N) is 3. The summed E-state index contributed by atoms with van der Waals surface area (Å²) in [6.07, 6.45) is 0.221. The Morgan fingerprint density at radius 2 is 2.05 bits per heavy atom. The van der Waals surface area contributed by atoms with Crippen LogP contribution in [0.5, 0.6) is 0 Å². The molecule has 1 N–H and O–H groups in total. The smallest absolute Gasteiger partial charge is 0.309 e. The van der Waals surface area contributed by atoms with Crippen molar-refractivity contribution in [3.63, 3.8) is 0 Å². The van der Waals surface area contributed by atoms with Crippen LogP contribution in [0.3, 0.4) is 0 Å². The van der Waals surface area contributed by atoms with Gasteiger partial charge in [-0.25, -0.2) is 4.52 Å². The fourth-order valence-corrected chi connectivity index (χ4v) is 2.94. The van der Waals surface area contributed by atoms with Gasteiger partial charge in [0.25, 0.3) is 5.56 Å². The first-order valence-electron chi connectivity index (χ1n) is 6.66. The van der Waals surface area contributed by atoms with E-state index in [0.717, 1.165) is 11.1 Å². The SMILES string of the molecule is Cc1ccc(Cc2nn3c(CC(=O)O)csc3nc2=O)cc1. The highest BCUT2D eigenvalue weighted by Gasteiger charge is 2.13. The van der Waals surface area contributed by atoms with Gasteiger partial charge in [0.1, 0.15) is 5.69 Å². The van der Waals surface area contributed by atoms with E-state index in [1.165, 1.54) is 15.9 Å². The minimum atomic E-state index is -0.944. The normalized spacial score (nSPS) is 11.0. The maximum atomic E-state index is 12.0. The largest absolute Gasteiger partial charge is 0.481 e. The number of hydrogen-bond donors (Lipinski definition) is 1. The number of fused-ring (bicyclic) bond motifs is 1. The van der Waals surface area contributed by atoms with E-state index in [9.17, 15) is 9.59 Å². The highest BCUT2D eigenvalue weighted by Crippen LogP contribution is 2.13. The number of hydrogen-bond acceptors (Lipinski definition) is 5. The van der Waals surface area contributed by atoms with Crippen LogP contribution >= 0.6 is 11.3 Å². The highest BCUT2D eigenvalue weighted by atomic mass is 32.1. The topological polar surface area (TPSA) is 84.6 Å². The monoisotopic (exact) mass is 315 g/mol. The minimum absolute atomic E-state index is 0.151. The van der Waals surface area contributed by atoms with Crippen LogP contribution in [0, 0.1) is 6.92 Å². The van der Waals surface area contributed by atoms with Crippen LogP contribution in [-0.4, -0.2) is 25.7 Å². The predicted octanol–water partition coefficient (Wildman–Crippen LogP) is 1.68. The molecule has 0 saturated carbocycles. The molecule has 0 amide bonds. The van der Waals surface area contributed by atoms with Crippen molar-refractivity contribution >= 4 is 22.3 Å². The Bertz CT molecular complexity index is 897. The second kappa shape index (κ2) is 5.69. The summed E-state index contributed by atoms with van der Waals surface area (Å²) in [6.45, 7) is 1.99. The summed E-state index contributed by atoms with van der Waals surface area (Å²) >= 11 is 1.21. The zero-order valence-electron chi connectivity index (χ0n) is 11.8. The van der Waals surface area contributed by atoms with Crippen molar-refractivity contribution in [1.29, 1.82) is 0 Å². The zero-order chi connectivity index (χ0) is 15.7. The molecule has 0 bridgehead atoms. The molecule has 22 heavy (non-hydrogen) atoms. The third-order valence-corrected chi connectivity index (χ3v) is 4.11. The van der Waals surface area contributed by atoms with Crippen LogP contribution in [-0.2, 0) is 17.6 Å². The van der Waals surface area contributed by atoms with Crippen molar-refractivity contribution in [1.82, 2.24) is 14.6 Å². The molecular formula is C15H13N3O3S. The van der Waals surface area contributed by atoms with Gasteiger partial charge >= 0.3 is 5.97 Å². The highest BCUT2D eigenvalue weighted by molar-refractivity contribution is 7.15. The predicted molar refractivity (Wildman–Crippen MR) is 82.5 cm³/mol. The van der Waals surface area contributed by atoms with Crippen molar-refractivity contribution < 1.29 is 9.90 Å². The van der Waals surface area contributed by atoms with Crippen molar-refractivity contribution in [2.75, 3.05) is 0 Å². The van der Waals surface area contributed by atoms with Crippen LogP contribution < -0.4 is 5.56 Å². The lowest BCUT2D eigenvalue weighted by molar-refractivity contribution is -0.136. The van der Waals surface area contributed by atoms with Gasteiger partial charge in [-0.05, 0) is 12.5 Å². The van der Waals surface area contributed by atoms with Gasteiger partial charge in [0.15, 0.2) is 0 Å². The van der Waals surface area contributed by atoms with Crippen LogP contribution in [0.2, 0.25) is 0 Å². The molecule has 2 heterocycles. The van der Waals surface area contributed by atoms with E-state index in [2.05, 4.69) is 10.1 Å². The molecule has 0 atom stereocenters. The number of rotatable bonds is 4. The summed E-state index contributed by atoms with van der Waals surface area (Å²) in [5.41, 5.74) is 2.57. The summed E-state index contributed by atoms with van der Waals surface area (Å²) in [7, 11) is 0. The lowest BCUT2D eigenvalue weighted by Gasteiger charge is -2.03. The molecule has 0 aliphatic rings. The summed E-state index contributed by atoms with van der Waals surface area (Å²) < 4.78 is 1.45. The molecule has 1 aromatic carbocycles. The van der Waals surface area contributed by atoms with Gasteiger partial charge in [0.05, 0.1) is 12.1 Å². The van der Waals surface area contributed by atoms with E-state index in [-0.39, 0.29) is 12.0 Å². The number of carbonyl (C=O) groups is 1. The van der Waals surface area contributed by atoms with E-state index < -0.39 is 5.97 Å². The number of aliphatic carboxylic acids is 1. The molecular weight excluding hydrogens is 302 g/mol. The molecule has 0 aliphatic carbocycles. The summed E-state index contributed by atoms with van der Waals surface area (Å²) in [6, 6.07) is 7.83. The van der Waals surface area contributed by atoms with E-state index in [1.54, 1.807) is 5.38 Å². The van der Waals surface area contributed by atoms with Gasteiger partial charge in [-0.1, -0.05) is 29.8 Å². The lowest BCUT2D eigenvalue weighted by atomic mass is 10.1. The number of benzene rings is 1. The Morgan fingerprint density at radius 3 is 2.73 bits per heavy atom. The van der Waals surface area contributed by atoms with Gasteiger partial charge < -0.3 is 5.11 Å². The summed E-state index contributed by atoms with van der Waals surface area (Å²) in [4.78, 5) is 27.3. The van der Waals surface area contributed by atoms with Crippen molar-refractivity contribution in [3.05, 3.63) is 62.5 Å². The molecule has 0 radical (unpaired) electrons. The Kier molecular flexibility index (Phi) is 3.72. The Hall–Kier alpha value is -2.54. The van der Waals surface area contributed by atoms with Gasteiger partial charge in [-0.3, -0.25) is 9.59 Å². The number of aromatic nitrogens is 3. The van der Waals surface area contributed by atoms with Crippen LogP contribution in [0.4, 0.5) is 0 Å². The second-order valence-corrected chi connectivity index (χ2v) is 5.85. The molecule has 6 nitrogen and oxygen atoms in total. The minimum Gasteiger partial charge on any atom is -0.481 e. The maximum Gasteiger partial charge on any atom is 0.309 e. The average Bonchev–Trinajstić information content (AvgIpc) is 2.83. The van der Waals surface area contributed by atoms with E-state index >= 15 is 0 Å². The fourth-order valence-electron chi connectivity index (χ4n) is 2.12. The zero-order valence-corrected chi connectivity index (χ0v) is 12.6. The Labute approximate surface area is 129 Å². The number of carboxylic acid groups (broad SMARTS) is 1. The van der Waals surface area contributed by atoms with Crippen LogP contribution in [0.1, 0.15) is 22.5 Å². The molecule has 3 rings (SSSR count). The molecule has 0 saturated heterocycles. The van der Waals surface area contributed by atoms with Crippen molar-refractivity contribution in [2.45, 2.75) is 19.8 Å². The maximum absolute atomic E-state index is 12.0. The van der Waals surface area contributed by atoms with Gasteiger partial charge in [0.2, 0.25) is 4.96 Å². The Morgan fingerprint density at radius 1 is 1.32 bits per heavy atom. The standard InChI is InChI=1S/C15H13N3O3S/c1-9-2-4-10(5-3-9)6-12-14(21)16-15-18(17-12)11(8-22-15)7-13(19)20/h2-5,8H,6-7H2,1H3,(H,19,20). The van der Waals surface area contributed by atoms with Gasteiger partial charge in [-0.2, -0.15) is 10.1 Å². The first-order chi connectivity index (χ1) is 10.5. The number of thiazole rings is 1.